The number of carbonyl (C=O) groups excluding carboxylic acids is 3. The number of carboxylic acids is 1. The molecule has 0 aliphatic rings. The molecule has 1 aromatic rings. The molecule has 0 aliphatic heterocycles. The molecule has 0 aliphatic carbocycles. The minimum absolute atomic E-state index is 0.0710. The van der Waals surface area contributed by atoms with Crippen LogP contribution in [0.2, 0.25) is 0 Å². The second-order valence-corrected chi connectivity index (χ2v) is 7.49. The minimum atomic E-state index is -1.50. The lowest BCUT2D eigenvalue weighted by Crippen LogP contribution is -2.46. The van der Waals surface area contributed by atoms with Crippen molar-refractivity contribution in [1.29, 1.82) is 5.41 Å². The number of carbonyl (C=O) groups is 4. The molecule has 33 heavy (non-hydrogen) atoms. The molecule has 0 radical (unpaired) electrons. The van der Waals surface area contributed by atoms with Gasteiger partial charge in [-0.2, -0.15) is 0 Å². The van der Waals surface area contributed by atoms with Gasteiger partial charge in [-0.1, -0.05) is 25.3 Å². The summed E-state index contributed by atoms with van der Waals surface area (Å²) in [6.07, 6.45) is 6.47. The van der Waals surface area contributed by atoms with Crippen LogP contribution in [0.3, 0.4) is 0 Å². The lowest BCUT2D eigenvalue weighted by molar-refractivity contribution is -0.164. The molecular formula is C21H32N6O6. The molecule has 0 unspecified atom stereocenters. The van der Waals surface area contributed by atoms with E-state index in [-0.39, 0.29) is 18.8 Å². The number of aromatic nitrogens is 1. The monoisotopic (exact) mass is 464 g/mol. The molecule has 0 aromatic carbocycles. The number of aliphatic carboxylic acids is 1. The van der Waals surface area contributed by atoms with Crippen molar-refractivity contribution in [3.63, 3.8) is 0 Å². The summed E-state index contributed by atoms with van der Waals surface area (Å²) in [5.41, 5.74) is 11.6. The van der Waals surface area contributed by atoms with Crippen LogP contribution in [0.1, 0.15) is 50.5 Å². The smallest absolute Gasteiger partial charge is 0.336 e. The van der Waals surface area contributed by atoms with Crippen molar-refractivity contribution in [2.45, 2.75) is 63.5 Å². The molecule has 0 saturated heterocycles. The first-order valence-corrected chi connectivity index (χ1v) is 10.7. The van der Waals surface area contributed by atoms with Gasteiger partial charge in [0.25, 0.3) is 0 Å². The summed E-state index contributed by atoms with van der Waals surface area (Å²) in [7, 11) is 0. The number of pyridine rings is 1. The lowest BCUT2D eigenvalue weighted by atomic mass is 10.1. The highest BCUT2D eigenvalue weighted by Gasteiger charge is 2.29. The van der Waals surface area contributed by atoms with E-state index in [1.807, 2.05) is 0 Å². The maximum Gasteiger partial charge on any atom is 0.336 e. The summed E-state index contributed by atoms with van der Waals surface area (Å²) in [5, 5.41) is 21.1. The fourth-order valence-electron chi connectivity index (χ4n) is 2.90. The van der Waals surface area contributed by atoms with Crippen LogP contribution < -0.4 is 22.1 Å². The highest BCUT2D eigenvalue weighted by molar-refractivity contribution is 5.94. The van der Waals surface area contributed by atoms with Crippen molar-refractivity contribution in [3.8, 4) is 0 Å². The third-order valence-electron chi connectivity index (χ3n) is 4.58. The van der Waals surface area contributed by atoms with Crippen LogP contribution in [0, 0.1) is 5.41 Å². The van der Waals surface area contributed by atoms with Gasteiger partial charge < -0.3 is 31.9 Å². The lowest BCUT2D eigenvalue weighted by Gasteiger charge is -2.17. The Morgan fingerprint density at radius 3 is 2.45 bits per heavy atom. The number of guanidine groups is 1. The summed E-state index contributed by atoms with van der Waals surface area (Å²) < 4.78 is 4.71. The average Bonchev–Trinajstić information content (AvgIpc) is 2.75. The number of nitrogens with zero attached hydrogens (tertiary/aromatic N) is 1. The van der Waals surface area contributed by atoms with Gasteiger partial charge in [-0.25, -0.2) is 9.59 Å². The van der Waals surface area contributed by atoms with Crippen molar-refractivity contribution in [3.05, 3.63) is 30.1 Å². The first-order chi connectivity index (χ1) is 15.7. The standard InChI is InChI=1S/C21H32N6O6/c22-15(11-14-7-6-9-25-13-14)19(31)33-20(32)16(12-18(29)30)27-17(28)8-4-2-1-3-5-10-26-21(23)24/h6-7,9,13,15-16H,1-5,8,10-12,22H2,(H,27,28)(H,29,30)(H4,23,24,26)/t15-,16-/m0/s1. The van der Waals surface area contributed by atoms with Gasteiger partial charge in [0.05, 0.1) is 6.42 Å². The zero-order valence-electron chi connectivity index (χ0n) is 18.4. The van der Waals surface area contributed by atoms with Gasteiger partial charge in [-0.3, -0.25) is 20.0 Å². The summed E-state index contributed by atoms with van der Waals surface area (Å²) in [5.74, 6) is -4.10. The van der Waals surface area contributed by atoms with Crippen molar-refractivity contribution < 1.29 is 29.0 Å². The molecular weight excluding hydrogens is 432 g/mol. The molecule has 12 heteroatoms. The highest BCUT2D eigenvalue weighted by Crippen LogP contribution is 2.07. The fourth-order valence-corrected chi connectivity index (χ4v) is 2.90. The Hall–Kier alpha value is -3.54. The Kier molecular flexibility index (Phi) is 12.7. The van der Waals surface area contributed by atoms with E-state index in [9.17, 15) is 19.2 Å². The van der Waals surface area contributed by atoms with E-state index in [1.165, 1.54) is 6.20 Å². The molecule has 2 atom stereocenters. The van der Waals surface area contributed by atoms with Crippen LogP contribution in [-0.2, 0) is 30.3 Å². The molecule has 1 amide bonds. The predicted octanol–water partition coefficient (Wildman–Crippen LogP) is -0.196. The minimum Gasteiger partial charge on any atom is -0.481 e. The second kappa shape index (κ2) is 15.3. The number of rotatable bonds is 15. The molecule has 8 N–H and O–H groups in total. The number of unbranched alkanes of at least 4 members (excludes halogenated alkanes) is 4. The molecule has 0 spiro atoms. The third kappa shape index (κ3) is 12.8. The zero-order chi connectivity index (χ0) is 24.6. The molecule has 0 saturated carbocycles. The average molecular weight is 465 g/mol. The molecule has 182 valence electrons. The van der Waals surface area contributed by atoms with Crippen molar-refractivity contribution in [1.82, 2.24) is 15.6 Å². The Bertz CT molecular complexity index is 804. The number of nitrogens with one attached hydrogen (secondary N) is 3. The van der Waals surface area contributed by atoms with E-state index in [0.717, 1.165) is 25.7 Å². The number of hydrogen-bond donors (Lipinski definition) is 6. The van der Waals surface area contributed by atoms with Crippen LogP contribution in [0.25, 0.3) is 0 Å². The van der Waals surface area contributed by atoms with Crippen molar-refractivity contribution >= 4 is 29.8 Å². The topological polar surface area (TPSA) is 211 Å². The van der Waals surface area contributed by atoms with Crippen LogP contribution >= 0.6 is 0 Å². The summed E-state index contributed by atoms with van der Waals surface area (Å²) in [4.78, 5) is 51.5. The first kappa shape index (κ1) is 27.5. The molecule has 1 heterocycles. The van der Waals surface area contributed by atoms with Gasteiger partial charge in [0.2, 0.25) is 5.91 Å². The van der Waals surface area contributed by atoms with Crippen LogP contribution in [0.15, 0.2) is 24.5 Å². The summed E-state index contributed by atoms with van der Waals surface area (Å²) >= 11 is 0. The number of carboxylic acid groups (broad SMARTS) is 1. The SMILES string of the molecule is N=C(N)NCCCCCCCC(=O)N[C@@H](CC(=O)O)C(=O)OC(=O)[C@@H](N)Cc1cccnc1. The van der Waals surface area contributed by atoms with E-state index < -0.39 is 42.3 Å². The third-order valence-corrected chi connectivity index (χ3v) is 4.58. The Morgan fingerprint density at radius 2 is 1.82 bits per heavy atom. The normalized spacial score (nSPS) is 12.3. The van der Waals surface area contributed by atoms with Gasteiger partial charge in [0, 0.05) is 25.4 Å². The fraction of sp³-hybridized carbons (Fsp3) is 0.524. The summed E-state index contributed by atoms with van der Waals surface area (Å²) in [6.45, 7) is 0.611. The van der Waals surface area contributed by atoms with Crippen LogP contribution in [0.5, 0.6) is 0 Å². The number of ether oxygens (including phenoxy) is 1. The van der Waals surface area contributed by atoms with E-state index in [4.69, 9.17) is 26.7 Å². The van der Waals surface area contributed by atoms with E-state index >= 15 is 0 Å². The number of nitrogens with two attached hydrogens (primary N) is 2. The maximum absolute atomic E-state index is 12.3. The first-order valence-electron chi connectivity index (χ1n) is 10.7. The van der Waals surface area contributed by atoms with E-state index in [1.54, 1.807) is 18.3 Å². The number of esters is 2. The predicted molar refractivity (Wildman–Crippen MR) is 119 cm³/mol. The van der Waals surface area contributed by atoms with Gasteiger partial charge >= 0.3 is 17.9 Å². The highest BCUT2D eigenvalue weighted by atomic mass is 16.6. The van der Waals surface area contributed by atoms with E-state index in [2.05, 4.69) is 15.6 Å². The van der Waals surface area contributed by atoms with Crippen LogP contribution in [-0.4, -0.2) is 58.5 Å². The quantitative estimate of drug-likeness (QED) is 0.0661. The number of amides is 1. The maximum atomic E-state index is 12.3. The van der Waals surface area contributed by atoms with E-state index in [0.29, 0.717) is 18.5 Å². The molecule has 0 fully saturated rings. The Morgan fingerprint density at radius 1 is 1.12 bits per heavy atom. The molecule has 0 bridgehead atoms. The molecule has 1 aromatic heterocycles. The molecule has 1 rings (SSSR count). The van der Waals surface area contributed by atoms with Gasteiger partial charge in [0.1, 0.15) is 12.1 Å². The molecule has 12 nitrogen and oxygen atoms in total. The van der Waals surface area contributed by atoms with Gasteiger partial charge in [0.15, 0.2) is 5.96 Å². The summed E-state index contributed by atoms with van der Waals surface area (Å²) in [6, 6.07) is 0.730. The van der Waals surface area contributed by atoms with Crippen molar-refractivity contribution in [2.75, 3.05) is 6.54 Å². The van der Waals surface area contributed by atoms with Gasteiger partial charge in [-0.15, -0.1) is 0 Å². The van der Waals surface area contributed by atoms with Crippen molar-refractivity contribution in [2.24, 2.45) is 11.5 Å². The Labute approximate surface area is 192 Å². The Balaban J connectivity index is 2.42. The zero-order valence-corrected chi connectivity index (χ0v) is 18.4. The van der Waals surface area contributed by atoms with Gasteiger partial charge in [-0.05, 0) is 30.9 Å². The van der Waals surface area contributed by atoms with Crippen LogP contribution in [0.4, 0.5) is 0 Å². The largest absolute Gasteiger partial charge is 0.481 e. The number of hydrogen-bond acceptors (Lipinski definition) is 8. The second-order valence-electron chi connectivity index (χ2n) is 7.49.